The van der Waals surface area contributed by atoms with Gasteiger partial charge < -0.3 is 19.3 Å². The van der Waals surface area contributed by atoms with Crippen LogP contribution in [0.5, 0.6) is 0 Å². The summed E-state index contributed by atoms with van der Waals surface area (Å²) in [5.74, 6) is 1.64. The van der Waals surface area contributed by atoms with Crippen LogP contribution in [-0.4, -0.2) is 56.1 Å². The minimum absolute atomic E-state index is 0.139. The highest BCUT2D eigenvalue weighted by Crippen LogP contribution is 2.28. The van der Waals surface area contributed by atoms with Crippen molar-refractivity contribution < 1.29 is 9.84 Å². The molecule has 0 spiro atoms. The molecule has 0 amide bonds. The van der Waals surface area contributed by atoms with E-state index in [2.05, 4.69) is 14.5 Å². The van der Waals surface area contributed by atoms with Gasteiger partial charge in [-0.05, 0) is 32.1 Å². The SMILES string of the molecule is Cc1nc2c(N3CC[C@@H](O)[C@H](C)C3)nc(=O)n(C)c2n1C[C@@H]1CCCO1. The first-order chi connectivity index (χ1) is 12.5. The second-order valence-corrected chi connectivity index (χ2v) is 7.63. The minimum Gasteiger partial charge on any atom is -0.393 e. The van der Waals surface area contributed by atoms with E-state index in [1.165, 1.54) is 0 Å². The lowest BCUT2D eigenvalue weighted by atomic mass is 9.97. The third-order valence-electron chi connectivity index (χ3n) is 5.72. The van der Waals surface area contributed by atoms with Crippen molar-refractivity contribution in [3.8, 4) is 0 Å². The molecule has 2 aromatic rings. The van der Waals surface area contributed by atoms with Crippen LogP contribution >= 0.6 is 0 Å². The molecule has 8 heteroatoms. The molecule has 2 aliphatic heterocycles. The van der Waals surface area contributed by atoms with Crippen molar-refractivity contribution in [1.29, 1.82) is 0 Å². The number of aliphatic hydroxyl groups is 1. The van der Waals surface area contributed by atoms with Gasteiger partial charge >= 0.3 is 5.69 Å². The summed E-state index contributed by atoms with van der Waals surface area (Å²) in [5, 5.41) is 10.0. The number of hydrogen-bond acceptors (Lipinski definition) is 6. The topological polar surface area (TPSA) is 85.4 Å². The highest BCUT2D eigenvalue weighted by Gasteiger charge is 2.29. The van der Waals surface area contributed by atoms with Gasteiger partial charge in [0.1, 0.15) is 17.0 Å². The number of aryl methyl sites for hydroxylation is 2. The highest BCUT2D eigenvalue weighted by molar-refractivity contribution is 5.84. The van der Waals surface area contributed by atoms with Crippen LogP contribution in [0.25, 0.3) is 11.2 Å². The fourth-order valence-corrected chi connectivity index (χ4v) is 4.11. The molecule has 4 heterocycles. The first kappa shape index (κ1) is 17.5. The van der Waals surface area contributed by atoms with E-state index >= 15 is 0 Å². The van der Waals surface area contributed by atoms with Crippen molar-refractivity contribution in [2.24, 2.45) is 13.0 Å². The monoisotopic (exact) mass is 361 g/mol. The second-order valence-electron chi connectivity index (χ2n) is 7.63. The summed E-state index contributed by atoms with van der Waals surface area (Å²) >= 11 is 0. The Balaban J connectivity index is 1.80. The van der Waals surface area contributed by atoms with E-state index in [1.54, 1.807) is 11.6 Å². The number of anilines is 1. The lowest BCUT2D eigenvalue weighted by Crippen LogP contribution is -2.43. The van der Waals surface area contributed by atoms with Crippen LogP contribution in [0.3, 0.4) is 0 Å². The first-order valence-corrected chi connectivity index (χ1v) is 9.44. The third-order valence-corrected chi connectivity index (χ3v) is 5.72. The predicted molar refractivity (Wildman–Crippen MR) is 98.5 cm³/mol. The Labute approximate surface area is 152 Å². The van der Waals surface area contributed by atoms with Crippen molar-refractivity contribution in [3.63, 3.8) is 0 Å². The molecule has 2 aliphatic rings. The molecule has 142 valence electrons. The van der Waals surface area contributed by atoms with Crippen molar-refractivity contribution >= 4 is 17.0 Å². The number of imidazole rings is 1. The summed E-state index contributed by atoms with van der Waals surface area (Å²) < 4.78 is 9.45. The first-order valence-electron chi connectivity index (χ1n) is 9.44. The van der Waals surface area contributed by atoms with E-state index in [1.807, 2.05) is 13.8 Å². The van der Waals surface area contributed by atoms with Gasteiger partial charge in [-0.3, -0.25) is 4.57 Å². The van der Waals surface area contributed by atoms with E-state index in [-0.39, 0.29) is 23.8 Å². The number of fused-ring (bicyclic) bond motifs is 1. The number of ether oxygens (including phenoxy) is 1. The fraction of sp³-hybridized carbons (Fsp3) is 0.722. The molecule has 0 unspecified atom stereocenters. The lowest BCUT2D eigenvalue weighted by Gasteiger charge is -2.35. The van der Waals surface area contributed by atoms with Crippen LogP contribution in [0, 0.1) is 12.8 Å². The van der Waals surface area contributed by atoms with Crippen molar-refractivity contribution in [3.05, 3.63) is 16.3 Å². The Kier molecular flexibility index (Phi) is 4.48. The molecule has 2 fully saturated rings. The maximum atomic E-state index is 12.5. The van der Waals surface area contributed by atoms with E-state index in [0.29, 0.717) is 31.9 Å². The van der Waals surface area contributed by atoms with Crippen molar-refractivity contribution in [2.75, 3.05) is 24.6 Å². The summed E-state index contributed by atoms with van der Waals surface area (Å²) in [6.07, 6.45) is 2.66. The summed E-state index contributed by atoms with van der Waals surface area (Å²) in [4.78, 5) is 23.7. The van der Waals surface area contributed by atoms with Crippen LogP contribution in [0.15, 0.2) is 4.79 Å². The predicted octanol–water partition coefficient (Wildman–Crippen LogP) is 0.825. The van der Waals surface area contributed by atoms with Gasteiger partial charge in [-0.1, -0.05) is 6.92 Å². The van der Waals surface area contributed by atoms with E-state index in [9.17, 15) is 9.90 Å². The summed E-state index contributed by atoms with van der Waals surface area (Å²) in [5.41, 5.74) is 1.28. The second kappa shape index (κ2) is 6.66. The molecule has 0 aliphatic carbocycles. The quantitative estimate of drug-likeness (QED) is 0.871. The van der Waals surface area contributed by atoms with E-state index in [4.69, 9.17) is 9.72 Å². The van der Waals surface area contributed by atoms with Gasteiger partial charge in [0.25, 0.3) is 0 Å². The van der Waals surface area contributed by atoms with Gasteiger partial charge in [0.2, 0.25) is 0 Å². The molecule has 8 nitrogen and oxygen atoms in total. The Morgan fingerprint density at radius 3 is 2.81 bits per heavy atom. The van der Waals surface area contributed by atoms with Gasteiger partial charge in [0.05, 0.1) is 18.8 Å². The number of aromatic nitrogens is 4. The Hall–Kier alpha value is -1.93. The van der Waals surface area contributed by atoms with Gasteiger partial charge in [-0.2, -0.15) is 4.98 Å². The molecule has 0 saturated carbocycles. The van der Waals surface area contributed by atoms with Crippen molar-refractivity contribution in [2.45, 2.75) is 51.9 Å². The smallest absolute Gasteiger partial charge is 0.350 e. The molecule has 4 rings (SSSR count). The van der Waals surface area contributed by atoms with Crippen LogP contribution in [-0.2, 0) is 18.3 Å². The molecular weight excluding hydrogens is 334 g/mol. The third kappa shape index (κ3) is 2.91. The maximum Gasteiger partial charge on any atom is 0.350 e. The number of rotatable bonds is 3. The summed E-state index contributed by atoms with van der Waals surface area (Å²) in [6.45, 7) is 6.85. The number of piperidine rings is 1. The Morgan fingerprint density at radius 2 is 2.12 bits per heavy atom. The van der Waals surface area contributed by atoms with Crippen LogP contribution in [0.1, 0.15) is 32.0 Å². The van der Waals surface area contributed by atoms with Crippen LogP contribution < -0.4 is 10.6 Å². The zero-order chi connectivity index (χ0) is 18.4. The zero-order valence-corrected chi connectivity index (χ0v) is 15.7. The van der Waals surface area contributed by atoms with Gasteiger partial charge in [-0.15, -0.1) is 0 Å². The normalized spacial score (nSPS) is 26.8. The minimum atomic E-state index is -0.299. The van der Waals surface area contributed by atoms with Gasteiger partial charge in [0, 0.05) is 26.7 Å². The molecule has 26 heavy (non-hydrogen) atoms. The van der Waals surface area contributed by atoms with E-state index < -0.39 is 0 Å². The standard InChI is InChI=1S/C18H27N5O3/c1-11-9-22(7-6-14(11)24)16-15-17(21(3)18(25)20-16)23(12(2)19-15)10-13-5-4-8-26-13/h11,13-14,24H,4-10H2,1-3H3/t11-,13+,14-/m1/s1. The number of aliphatic hydroxyl groups excluding tert-OH is 1. The maximum absolute atomic E-state index is 12.5. The van der Waals surface area contributed by atoms with Gasteiger partial charge in [-0.25, -0.2) is 9.78 Å². The zero-order valence-electron chi connectivity index (χ0n) is 15.7. The van der Waals surface area contributed by atoms with Crippen LogP contribution in [0.4, 0.5) is 5.82 Å². The molecule has 3 atom stereocenters. The molecule has 2 aromatic heterocycles. The van der Waals surface area contributed by atoms with Crippen LogP contribution in [0.2, 0.25) is 0 Å². The molecule has 0 radical (unpaired) electrons. The molecule has 0 bridgehead atoms. The Morgan fingerprint density at radius 1 is 1.31 bits per heavy atom. The highest BCUT2D eigenvalue weighted by atomic mass is 16.5. The molecule has 1 N–H and O–H groups in total. The molecule has 0 aromatic carbocycles. The van der Waals surface area contributed by atoms with Crippen molar-refractivity contribution in [1.82, 2.24) is 19.1 Å². The summed E-state index contributed by atoms with van der Waals surface area (Å²) in [7, 11) is 1.75. The number of nitrogens with zero attached hydrogens (tertiary/aromatic N) is 5. The molecular formula is C18H27N5O3. The Bertz CT molecular complexity index is 868. The largest absolute Gasteiger partial charge is 0.393 e. The van der Waals surface area contributed by atoms with E-state index in [0.717, 1.165) is 36.4 Å². The lowest BCUT2D eigenvalue weighted by molar-refractivity contribution is 0.0967. The fourth-order valence-electron chi connectivity index (χ4n) is 4.11. The average Bonchev–Trinajstić information content (AvgIpc) is 3.23. The van der Waals surface area contributed by atoms with Gasteiger partial charge in [0.15, 0.2) is 5.82 Å². The average molecular weight is 361 g/mol. The summed E-state index contributed by atoms with van der Waals surface area (Å²) in [6, 6.07) is 0. The number of hydrogen-bond donors (Lipinski definition) is 1. The molecule has 2 saturated heterocycles.